The number of fused-ring (bicyclic) bond motifs is 5. The molecule has 34 heavy (non-hydrogen) atoms. The van der Waals surface area contributed by atoms with Crippen molar-refractivity contribution in [3.63, 3.8) is 0 Å². The predicted molar refractivity (Wildman–Crippen MR) is 124 cm³/mol. The first-order chi connectivity index (χ1) is 16.0. The Bertz CT molecular complexity index is 1450. The first kappa shape index (κ1) is 22.1. The molecule has 1 N–H and O–H groups in total. The second-order valence-corrected chi connectivity index (χ2v) is 9.59. The zero-order valence-corrected chi connectivity index (χ0v) is 19.4. The summed E-state index contributed by atoms with van der Waals surface area (Å²) in [5.41, 5.74) is 0.465. The van der Waals surface area contributed by atoms with Crippen LogP contribution in [0.1, 0.15) is 56.4 Å². The molecule has 0 aliphatic carbocycles. The van der Waals surface area contributed by atoms with Crippen LogP contribution in [0.25, 0.3) is 22.3 Å². The Hall–Kier alpha value is -3.72. The van der Waals surface area contributed by atoms with Gasteiger partial charge in [-0.2, -0.15) is 0 Å². The highest BCUT2D eigenvalue weighted by Gasteiger charge is 2.45. The average molecular weight is 463 g/mol. The number of esters is 1. The molecule has 9 heteroatoms. The van der Waals surface area contributed by atoms with E-state index in [0.29, 0.717) is 32.9 Å². The van der Waals surface area contributed by atoms with E-state index in [4.69, 9.17) is 14.6 Å². The SMILES string of the molecule is CC[C@@]1(O)C(=O)OCc2c1cc1n(c2=O)Cc2c-1nc1ccccc1c2/C=[N+](\[O-])OC(C)(C)C. The van der Waals surface area contributed by atoms with E-state index in [2.05, 4.69) is 0 Å². The standard InChI is InChI=1S/C25H25N3O6/c1-5-25(31)18-10-20-21-16(11-27(20)22(29)17(18)13-33-23(25)30)15(12-28(32)34-24(2,3)4)14-8-6-7-9-19(14)26-21/h6-10,12,31H,5,11,13H2,1-4H3/b28-12+/t25-/m0/s1. The molecule has 0 spiro atoms. The molecular weight excluding hydrogens is 438 g/mol. The largest absolute Gasteiger partial charge is 0.458 e. The van der Waals surface area contributed by atoms with Gasteiger partial charge in [0, 0.05) is 21.4 Å². The topological polar surface area (TPSA) is 117 Å². The quantitative estimate of drug-likeness (QED) is 0.215. The highest BCUT2D eigenvalue weighted by Crippen LogP contribution is 2.39. The summed E-state index contributed by atoms with van der Waals surface area (Å²) in [4.78, 5) is 36.4. The van der Waals surface area contributed by atoms with Crippen LogP contribution in [-0.4, -0.2) is 37.3 Å². The molecule has 1 aromatic carbocycles. The van der Waals surface area contributed by atoms with Gasteiger partial charge in [0.15, 0.2) is 5.60 Å². The number of carbonyl (C=O) groups is 1. The number of hydrogen-bond acceptors (Lipinski definition) is 7. The Morgan fingerprint density at radius 1 is 1.29 bits per heavy atom. The zero-order chi connectivity index (χ0) is 24.4. The van der Waals surface area contributed by atoms with Crippen LogP contribution in [-0.2, 0) is 33.1 Å². The van der Waals surface area contributed by atoms with Gasteiger partial charge >= 0.3 is 5.97 Å². The number of benzene rings is 1. The monoisotopic (exact) mass is 463 g/mol. The van der Waals surface area contributed by atoms with Gasteiger partial charge in [-0.3, -0.25) is 10.0 Å². The average Bonchev–Trinajstić information content (AvgIpc) is 3.14. The molecular formula is C25H25N3O6. The van der Waals surface area contributed by atoms with E-state index in [1.54, 1.807) is 38.3 Å². The molecule has 4 heterocycles. The minimum absolute atomic E-state index is 0.0635. The maximum absolute atomic E-state index is 13.4. The second kappa shape index (κ2) is 7.39. The predicted octanol–water partition coefficient (Wildman–Crippen LogP) is 2.74. The molecule has 0 saturated heterocycles. The molecule has 0 radical (unpaired) electrons. The van der Waals surface area contributed by atoms with Gasteiger partial charge in [0.05, 0.1) is 40.2 Å². The van der Waals surface area contributed by atoms with Crippen LogP contribution in [0, 0.1) is 5.21 Å². The lowest BCUT2D eigenvalue weighted by Crippen LogP contribution is -2.44. The van der Waals surface area contributed by atoms with Crippen molar-refractivity contribution in [3.05, 3.63) is 68.1 Å². The van der Waals surface area contributed by atoms with Crippen LogP contribution in [0.15, 0.2) is 35.1 Å². The van der Waals surface area contributed by atoms with Gasteiger partial charge in [-0.25, -0.2) is 9.78 Å². The summed E-state index contributed by atoms with van der Waals surface area (Å²) in [5, 5.41) is 24.4. The summed E-state index contributed by atoms with van der Waals surface area (Å²) in [6.07, 6.45) is 1.42. The first-order valence-corrected chi connectivity index (χ1v) is 11.1. The highest BCUT2D eigenvalue weighted by molar-refractivity contribution is 6.01. The van der Waals surface area contributed by atoms with Crippen molar-refractivity contribution in [2.75, 3.05) is 0 Å². The number of aliphatic hydroxyl groups is 1. The number of carbonyl (C=O) groups excluding carboxylic acids is 1. The van der Waals surface area contributed by atoms with E-state index < -0.39 is 17.2 Å². The third-order valence-corrected chi connectivity index (χ3v) is 6.24. The fraction of sp³-hybridized carbons (Fsp3) is 0.360. The van der Waals surface area contributed by atoms with Crippen molar-refractivity contribution in [3.8, 4) is 11.4 Å². The molecule has 2 aliphatic rings. The van der Waals surface area contributed by atoms with Gasteiger partial charge < -0.3 is 19.2 Å². The van der Waals surface area contributed by atoms with Crippen molar-refractivity contribution in [2.24, 2.45) is 0 Å². The fourth-order valence-electron chi connectivity index (χ4n) is 4.61. The number of nitrogens with zero attached hydrogens (tertiary/aromatic N) is 3. The van der Waals surface area contributed by atoms with Gasteiger partial charge in [-0.15, -0.1) is 0 Å². The van der Waals surface area contributed by atoms with Crippen LogP contribution in [0.5, 0.6) is 0 Å². The van der Waals surface area contributed by atoms with Crippen LogP contribution < -0.4 is 5.56 Å². The summed E-state index contributed by atoms with van der Waals surface area (Å²) in [5.74, 6) is -0.771. The van der Waals surface area contributed by atoms with Crippen LogP contribution in [0.4, 0.5) is 0 Å². The number of rotatable bonds is 3. The highest BCUT2D eigenvalue weighted by atomic mass is 16.9. The number of para-hydroxylation sites is 1. The van der Waals surface area contributed by atoms with Crippen LogP contribution >= 0.6 is 0 Å². The van der Waals surface area contributed by atoms with Crippen LogP contribution in [0.2, 0.25) is 0 Å². The number of hydrogen-bond donors (Lipinski definition) is 1. The molecule has 0 saturated carbocycles. The van der Waals surface area contributed by atoms with E-state index >= 15 is 0 Å². The summed E-state index contributed by atoms with van der Waals surface area (Å²) < 4.78 is 6.67. The second-order valence-electron chi connectivity index (χ2n) is 9.59. The maximum Gasteiger partial charge on any atom is 0.343 e. The number of ether oxygens (including phenoxy) is 1. The third kappa shape index (κ3) is 3.27. The molecule has 3 aromatic rings. The summed E-state index contributed by atoms with van der Waals surface area (Å²) in [6.45, 7) is 6.97. The third-order valence-electron chi connectivity index (χ3n) is 6.24. The normalized spacial score (nSPS) is 19.4. The van der Waals surface area contributed by atoms with Gasteiger partial charge in [0.1, 0.15) is 6.61 Å². The number of cyclic esters (lactones) is 1. The molecule has 5 rings (SSSR count). The zero-order valence-electron chi connectivity index (χ0n) is 19.4. The minimum Gasteiger partial charge on any atom is -0.458 e. The lowest BCUT2D eigenvalue weighted by Gasteiger charge is -2.31. The van der Waals surface area contributed by atoms with E-state index in [1.165, 1.54) is 6.21 Å². The summed E-state index contributed by atoms with van der Waals surface area (Å²) in [7, 11) is 0. The van der Waals surface area contributed by atoms with E-state index in [1.807, 2.05) is 24.3 Å². The smallest absolute Gasteiger partial charge is 0.343 e. The molecule has 2 aliphatic heterocycles. The van der Waals surface area contributed by atoms with Crippen molar-refractivity contribution < 1.29 is 24.4 Å². The Morgan fingerprint density at radius 2 is 2.03 bits per heavy atom. The van der Waals surface area contributed by atoms with E-state index in [0.717, 1.165) is 5.39 Å². The van der Waals surface area contributed by atoms with Crippen molar-refractivity contribution in [2.45, 2.75) is 58.5 Å². The van der Waals surface area contributed by atoms with Crippen molar-refractivity contribution >= 4 is 23.1 Å². The van der Waals surface area contributed by atoms with Crippen molar-refractivity contribution in [1.29, 1.82) is 0 Å². The van der Waals surface area contributed by atoms with Gasteiger partial charge in [-0.05, 0) is 39.3 Å². The molecule has 2 aromatic heterocycles. The Labute approximate surface area is 195 Å². The van der Waals surface area contributed by atoms with Gasteiger partial charge in [0.25, 0.3) is 5.56 Å². The Balaban J connectivity index is 1.78. The van der Waals surface area contributed by atoms with Gasteiger partial charge in [-0.1, -0.05) is 25.1 Å². The lowest BCUT2D eigenvalue weighted by atomic mass is 9.86. The number of aromatic nitrogens is 2. The first-order valence-electron chi connectivity index (χ1n) is 11.1. The molecule has 0 fully saturated rings. The molecule has 0 amide bonds. The molecule has 176 valence electrons. The van der Waals surface area contributed by atoms with E-state index in [9.17, 15) is 19.9 Å². The minimum atomic E-state index is -1.90. The fourth-order valence-corrected chi connectivity index (χ4v) is 4.61. The van der Waals surface area contributed by atoms with Gasteiger partial charge in [0.2, 0.25) is 6.21 Å². The molecule has 0 bridgehead atoms. The Morgan fingerprint density at radius 3 is 2.74 bits per heavy atom. The molecule has 0 unspecified atom stereocenters. The van der Waals surface area contributed by atoms with Crippen molar-refractivity contribution in [1.82, 2.24) is 9.55 Å². The summed E-state index contributed by atoms with van der Waals surface area (Å²) >= 11 is 0. The Kier molecular flexibility index (Phi) is 4.80. The number of pyridine rings is 2. The van der Waals surface area contributed by atoms with Crippen LogP contribution in [0.3, 0.4) is 0 Å². The summed E-state index contributed by atoms with van der Waals surface area (Å²) in [6, 6.07) is 9.03. The molecule has 1 atom stereocenters. The maximum atomic E-state index is 13.4. The molecule has 9 nitrogen and oxygen atoms in total. The lowest BCUT2D eigenvalue weighted by molar-refractivity contribution is -0.759. The van der Waals surface area contributed by atoms with E-state index in [-0.39, 0.29) is 36.3 Å².